The largest absolute Gasteiger partial charge is 0.309 e. The van der Waals surface area contributed by atoms with Crippen LogP contribution >= 0.6 is 0 Å². The highest BCUT2D eigenvalue weighted by molar-refractivity contribution is 6.13. The van der Waals surface area contributed by atoms with E-state index < -0.39 is 0 Å². The fraction of sp³-hybridized carbons (Fsp3) is 0. The van der Waals surface area contributed by atoms with E-state index >= 15 is 0 Å². The highest BCUT2D eigenvalue weighted by Gasteiger charge is 2.19. The summed E-state index contributed by atoms with van der Waals surface area (Å²) in [5.41, 5.74) is 13.4. The summed E-state index contributed by atoms with van der Waals surface area (Å²) in [6.45, 7) is 0. The predicted molar refractivity (Wildman–Crippen MR) is 250 cm³/mol. The lowest BCUT2D eigenvalue weighted by Gasteiger charge is -2.12. The van der Waals surface area contributed by atoms with Gasteiger partial charge < -0.3 is 4.57 Å². The number of hydrogen-bond donors (Lipinski definition) is 0. The summed E-state index contributed by atoms with van der Waals surface area (Å²) in [4.78, 5) is 10.3. The monoisotopic (exact) mass is 764 g/mol. The molecule has 4 heteroatoms. The molecule has 0 aliphatic heterocycles. The van der Waals surface area contributed by atoms with Crippen molar-refractivity contribution in [2.75, 3.05) is 0 Å². The number of para-hydroxylation sites is 2. The van der Waals surface area contributed by atoms with Crippen LogP contribution < -0.4 is 0 Å². The van der Waals surface area contributed by atoms with Crippen LogP contribution in [0, 0.1) is 0 Å². The number of aromatic nitrogens is 4. The van der Waals surface area contributed by atoms with Crippen molar-refractivity contribution in [3.63, 3.8) is 0 Å². The van der Waals surface area contributed by atoms with Gasteiger partial charge in [-0.15, -0.1) is 0 Å². The maximum atomic E-state index is 5.23. The minimum Gasteiger partial charge on any atom is -0.309 e. The molecule has 0 amide bonds. The smallest absolute Gasteiger partial charge is 0.162 e. The normalized spacial score (nSPS) is 11.7. The van der Waals surface area contributed by atoms with Gasteiger partial charge in [0.05, 0.1) is 27.8 Å². The van der Waals surface area contributed by atoms with E-state index in [0.29, 0.717) is 5.82 Å². The zero-order valence-electron chi connectivity index (χ0n) is 32.6. The van der Waals surface area contributed by atoms with Crippen LogP contribution in [0.2, 0.25) is 0 Å². The molecular weight excluding hydrogens is 729 g/mol. The maximum absolute atomic E-state index is 5.23. The zero-order valence-corrected chi connectivity index (χ0v) is 32.6. The van der Waals surface area contributed by atoms with E-state index in [4.69, 9.17) is 9.97 Å². The van der Waals surface area contributed by atoms with Crippen molar-refractivity contribution in [3.8, 4) is 56.4 Å². The van der Waals surface area contributed by atoms with Crippen LogP contribution in [0.4, 0.5) is 0 Å². The minimum absolute atomic E-state index is 0.697. The lowest BCUT2D eigenvalue weighted by atomic mass is 9.98. The molecule has 0 radical (unpaired) electrons. The zero-order chi connectivity index (χ0) is 39.6. The van der Waals surface area contributed by atoms with Gasteiger partial charge in [0.25, 0.3) is 0 Å². The van der Waals surface area contributed by atoms with Crippen LogP contribution in [0.25, 0.3) is 111 Å². The van der Waals surface area contributed by atoms with Gasteiger partial charge in [0, 0.05) is 44.4 Å². The highest BCUT2D eigenvalue weighted by atomic mass is 15.1. The molecule has 4 nitrogen and oxygen atoms in total. The Hall–Kier alpha value is -8.08. The second-order valence-electron chi connectivity index (χ2n) is 15.4. The molecule has 12 aromatic rings. The standard InChI is InChI=1S/C56H36N4/c1-3-16-38(17-4-1)50-36-55(58-56(57-50)39-18-5-2-6-19-39)60-52-28-12-10-25-47(52)49-35-41(30-32-54(49)60)40-29-31-53-48(34-40)46-24-9-11-27-51(46)59(53)43-22-13-21-42(33-43)45-26-14-20-37-15-7-8-23-44(37)45/h1-36H. The summed E-state index contributed by atoms with van der Waals surface area (Å²) in [5.74, 6) is 1.53. The highest BCUT2D eigenvalue weighted by Crippen LogP contribution is 2.39. The summed E-state index contributed by atoms with van der Waals surface area (Å²) in [6.07, 6.45) is 0. The van der Waals surface area contributed by atoms with Crippen molar-refractivity contribution in [3.05, 3.63) is 218 Å². The molecule has 0 saturated carbocycles. The molecule has 0 spiro atoms. The third-order valence-corrected chi connectivity index (χ3v) is 11.9. The molecular formula is C56H36N4. The Morgan fingerprint density at radius 2 is 0.833 bits per heavy atom. The van der Waals surface area contributed by atoms with Crippen molar-refractivity contribution in [2.24, 2.45) is 0 Å². The van der Waals surface area contributed by atoms with E-state index in [9.17, 15) is 0 Å². The molecule has 0 saturated heterocycles. The molecule has 0 aliphatic carbocycles. The quantitative estimate of drug-likeness (QED) is 0.169. The topological polar surface area (TPSA) is 35.6 Å². The summed E-state index contributed by atoms with van der Waals surface area (Å²) >= 11 is 0. The molecule has 0 unspecified atom stereocenters. The SMILES string of the molecule is c1ccc(-c2cc(-n3c4ccccc4c4cc(-c5ccc6c(c5)c5ccccc5n6-c5cccc(-c6cccc7ccccc67)c5)ccc43)nc(-c3ccccc3)n2)cc1. The Kier molecular flexibility index (Phi) is 7.82. The van der Waals surface area contributed by atoms with E-state index in [1.807, 2.05) is 24.3 Å². The number of hydrogen-bond acceptors (Lipinski definition) is 2. The van der Waals surface area contributed by atoms with E-state index in [2.05, 4.69) is 203 Å². The maximum Gasteiger partial charge on any atom is 0.162 e. The number of fused-ring (bicyclic) bond motifs is 7. The Labute approximate surface area is 346 Å². The molecule has 0 atom stereocenters. The van der Waals surface area contributed by atoms with E-state index in [-0.39, 0.29) is 0 Å². The summed E-state index contributed by atoms with van der Waals surface area (Å²) in [5, 5.41) is 7.32. The molecule has 3 aromatic heterocycles. The van der Waals surface area contributed by atoms with Crippen LogP contribution in [0.5, 0.6) is 0 Å². The molecule has 12 rings (SSSR count). The Morgan fingerprint density at radius 3 is 1.55 bits per heavy atom. The molecule has 3 heterocycles. The molecule has 0 bridgehead atoms. The number of nitrogens with zero attached hydrogens (tertiary/aromatic N) is 4. The Bertz CT molecular complexity index is 3530. The van der Waals surface area contributed by atoms with Crippen LogP contribution in [0.3, 0.4) is 0 Å². The van der Waals surface area contributed by atoms with E-state index in [0.717, 1.165) is 39.4 Å². The van der Waals surface area contributed by atoms with Gasteiger partial charge in [-0.1, -0.05) is 164 Å². The molecule has 0 N–H and O–H groups in total. The molecule has 60 heavy (non-hydrogen) atoms. The lowest BCUT2D eigenvalue weighted by molar-refractivity contribution is 1.05. The molecule has 0 aliphatic rings. The molecule has 9 aromatic carbocycles. The van der Waals surface area contributed by atoms with Crippen molar-refractivity contribution >= 4 is 54.4 Å². The lowest BCUT2D eigenvalue weighted by Crippen LogP contribution is -2.02. The fourth-order valence-corrected chi connectivity index (χ4v) is 9.14. The average Bonchev–Trinajstić information content (AvgIpc) is 3.84. The summed E-state index contributed by atoms with van der Waals surface area (Å²) in [6, 6.07) is 78.1. The third kappa shape index (κ3) is 5.53. The van der Waals surface area contributed by atoms with E-state index in [1.165, 1.54) is 65.6 Å². The molecule has 280 valence electrons. The van der Waals surface area contributed by atoms with Crippen molar-refractivity contribution < 1.29 is 0 Å². The van der Waals surface area contributed by atoms with Crippen LogP contribution in [-0.4, -0.2) is 19.1 Å². The first-order valence-electron chi connectivity index (χ1n) is 20.4. The van der Waals surface area contributed by atoms with Gasteiger partial charge in [0.15, 0.2) is 5.82 Å². The second-order valence-corrected chi connectivity index (χ2v) is 15.4. The average molecular weight is 765 g/mol. The van der Waals surface area contributed by atoms with Gasteiger partial charge in [-0.25, -0.2) is 9.97 Å². The number of benzene rings is 9. The second kappa shape index (κ2) is 13.8. The van der Waals surface area contributed by atoms with Crippen LogP contribution in [-0.2, 0) is 0 Å². The van der Waals surface area contributed by atoms with Gasteiger partial charge >= 0.3 is 0 Å². The summed E-state index contributed by atoms with van der Waals surface area (Å²) < 4.78 is 4.70. The van der Waals surface area contributed by atoms with Gasteiger partial charge in [0.2, 0.25) is 0 Å². The first-order chi connectivity index (χ1) is 29.7. The first kappa shape index (κ1) is 34.0. The van der Waals surface area contributed by atoms with Crippen molar-refractivity contribution in [2.45, 2.75) is 0 Å². The van der Waals surface area contributed by atoms with E-state index in [1.54, 1.807) is 0 Å². The molecule has 0 fully saturated rings. The van der Waals surface area contributed by atoms with Crippen LogP contribution in [0.15, 0.2) is 218 Å². The number of rotatable bonds is 6. The fourth-order valence-electron chi connectivity index (χ4n) is 9.14. The van der Waals surface area contributed by atoms with Crippen molar-refractivity contribution in [1.82, 2.24) is 19.1 Å². The van der Waals surface area contributed by atoms with Crippen molar-refractivity contribution in [1.29, 1.82) is 0 Å². The first-order valence-corrected chi connectivity index (χ1v) is 20.4. The Balaban J connectivity index is 1.01. The third-order valence-electron chi connectivity index (χ3n) is 11.9. The van der Waals surface area contributed by atoms with Gasteiger partial charge in [0.1, 0.15) is 5.82 Å². The van der Waals surface area contributed by atoms with Gasteiger partial charge in [-0.2, -0.15) is 0 Å². The Morgan fingerprint density at radius 1 is 0.300 bits per heavy atom. The predicted octanol–water partition coefficient (Wildman–Crippen LogP) is 14.5. The summed E-state index contributed by atoms with van der Waals surface area (Å²) in [7, 11) is 0. The minimum atomic E-state index is 0.697. The van der Waals surface area contributed by atoms with Gasteiger partial charge in [-0.05, 0) is 81.6 Å². The van der Waals surface area contributed by atoms with Crippen LogP contribution in [0.1, 0.15) is 0 Å². The van der Waals surface area contributed by atoms with Gasteiger partial charge in [-0.3, -0.25) is 4.57 Å².